The van der Waals surface area contributed by atoms with Gasteiger partial charge in [-0.1, -0.05) is 42.5 Å². The molecule has 0 aliphatic rings. The number of phenolic OH excluding ortho intramolecular Hbond substituents is 1. The summed E-state index contributed by atoms with van der Waals surface area (Å²) in [5.74, 6) is -2.28. The van der Waals surface area contributed by atoms with Crippen LogP contribution in [0.5, 0.6) is 5.75 Å². The van der Waals surface area contributed by atoms with Gasteiger partial charge in [0.05, 0.1) is 13.5 Å². The first-order chi connectivity index (χ1) is 22.1. The number of carbonyl (C=O) groups is 5. The van der Waals surface area contributed by atoms with Crippen LogP contribution in [0.2, 0.25) is 0 Å². The van der Waals surface area contributed by atoms with Crippen LogP contribution in [-0.2, 0) is 52.3 Å². The van der Waals surface area contributed by atoms with Gasteiger partial charge < -0.3 is 35.4 Å². The van der Waals surface area contributed by atoms with Gasteiger partial charge in [-0.15, -0.1) is 0 Å². The highest BCUT2D eigenvalue weighted by atomic mass is 32.2. The van der Waals surface area contributed by atoms with Crippen LogP contribution in [0.25, 0.3) is 0 Å². The molecule has 13 nitrogen and oxygen atoms in total. The fourth-order valence-corrected chi connectivity index (χ4v) is 4.98. The summed E-state index contributed by atoms with van der Waals surface area (Å²) in [5.41, 5.74) is 0.526. The van der Waals surface area contributed by atoms with Crippen LogP contribution in [0.15, 0.2) is 54.6 Å². The summed E-state index contributed by atoms with van der Waals surface area (Å²) in [7, 11) is 1.44. The molecule has 0 fully saturated rings. The highest BCUT2D eigenvalue weighted by Gasteiger charge is 2.32. The van der Waals surface area contributed by atoms with Crippen LogP contribution in [0.1, 0.15) is 44.7 Å². The molecule has 4 atom stereocenters. The fraction of sp³-hybridized carbons (Fsp3) is 0.485. The van der Waals surface area contributed by atoms with Crippen molar-refractivity contribution >= 4 is 40.6 Å². The Hall–Kier alpha value is -4.46. The van der Waals surface area contributed by atoms with Gasteiger partial charge in [0.25, 0.3) is 0 Å². The molecule has 0 saturated carbocycles. The number of methoxy groups -OCH3 is 1. The van der Waals surface area contributed by atoms with Gasteiger partial charge in [0.1, 0.15) is 29.5 Å². The molecule has 0 spiro atoms. The van der Waals surface area contributed by atoms with E-state index < -0.39 is 64.3 Å². The van der Waals surface area contributed by atoms with Gasteiger partial charge in [-0.2, -0.15) is 0 Å². The third-order valence-electron chi connectivity index (χ3n) is 6.86. The molecule has 0 saturated heterocycles. The van der Waals surface area contributed by atoms with Crippen molar-refractivity contribution in [3.05, 3.63) is 65.7 Å². The number of hydrogen-bond acceptors (Lipinski definition) is 9. The van der Waals surface area contributed by atoms with E-state index in [1.807, 2.05) is 6.07 Å². The summed E-state index contributed by atoms with van der Waals surface area (Å²) in [6, 6.07) is 11.6. The Morgan fingerprint density at radius 2 is 1.40 bits per heavy atom. The number of alkyl carbamates (subject to hydrolysis) is 1. The molecule has 0 bridgehead atoms. The largest absolute Gasteiger partial charge is 0.508 e. The number of nitrogens with one attached hydrogen (secondary N) is 3. The number of rotatable bonds is 16. The summed E-state index contributed by atoms with van der Waals surface area (Å²) in [6.07, 6.45) is 0.669. The molecule has 1 unspecified atom stereocenters. The quantitative estimate of drug-likeness (QED) is 0.193. The number of likely N-dealkylation sites (N-methyl/N-ethyl adjacent to an activating group) is 1. The Balaban J connectivity index is 2.34. The minimum atomic E-state index is -1.31. The van der Waals surface area contributed by atoms with Crippen LogP contribution in [0, 0.1) is 0 Å². The van der Waals surface area contributed by atoms with Crippen molar-refractivity contribution < 1.29 is 42.8 Å². The Bertz CT molecular complexity index is 1380. The predicted octanol–water partition coefficient (Wildman–Crippen LogP) is 1.83. The van der Waals surface area contributed by atoms with Gasteiger partial charge in [-0.3, -0.25) is 23.4 Å². The number of amides is 4. The molecule has 47 heavy (non-hydrogen) atoms. The molecule has 14 heteroatoms. The maximum atomic E-state index is 13.8. The zero-order valence-corrected chi connectivity index (χ0v) is 28.6. The van der Waals surface area contributed by atoms with Crippen molar-refractivity contribution in [2.45, 2.75) is 70.2 Å². The highest BCUT2D eigenvalue weighted by Crippen LogP contribution is 2.14. The average Bonchev–Trinajstić information content (AvgIpc) is 3.00. The fourth-order valence-electron chi connectivity index (χ4n) is 4.41. The molecule has 4 amide bonds. The zero-order chi connectivity index (χ0) is 35.1. The first kappa shape index (κ1) is 38.7. The van der Waals surface area contributed by atoms with Gasteiger partial charge in [0.15, 0.2) is 0 Å². The first-order valence-electron chi connectivity index (χ1n) is 15.1. The minimum absolute atomic E-state index is 0.000485. The topological polar surface area (TPSA) is 180 Å². The van der Waals surface area contributed by atoms with Crippen molar-refractivity contribution in [2.75, 3.05) is 32.7 Å². The van der Waals surface area contributed by atoms with E-state index in [1.54, 1.807) is 57.2 Å². The molecular formula is C33H46N4O9S. The molecular weight excluding hydrogens is 628 g/mol. The van der Waals surface area contributed by atoms with E-state index >= 15 is 0 Å². The third kappa shape index (κ3) is 14.7. The second-order valence-electron chi connectivity index (χ2n) is 12.0. The van der Waals surface area contributed by atoms with Crippen molar-refractivity contribution in [3.8, 4) is 5.75 Å². The van der Waals surface area contributed by atoms with Crippen LogP contribution in [-0.4, -0.2) is 100 Å². The summed E-state index contributed by atoms with van der Waals surface area (Å²) in [6.45, 7) is 5.07. The molecule has 0 heterocycles. The van der Waals surface area contributed by atoms with Crippen molar-refractivity contribution in [2.24, 2.45) is 0 Å². The lowest BCUT2D eigenvalue weighted by atomic mass is 10.0. The van der Waals surface area contributed by atoms with Crippen LogP contribution < -0.4 is 16.0 Å². The summed E-state index contributed by atoms with van der Waals surface area (Å²) >= 11 is 0. The maximum Gasteiger partial charge on any atom is 0.408 e. The SMILES string of the molecule is COC(=O)CCN(C)C(=O)[C@H](Cc1ccccc1)NC(=O)[C@@H](CCS(C)=O)NC(=O)[C@H](Cc1ccc(O)cc1)NC(=O)OC(C)(C)C. The predicted molar refractivity (Wildman–Crippen MR) is 177 cm³/mol. The lowest BCUT2D eigenvalue weighted by Crippen LogP contribution is -2.58. The molecule has 2 aromatic carbocycles. The Labute approximate surface area is 278 Å². The van der Waals surface area contributed by atoms with E-state index in [9.17, 15) is 33.3 Å². The van der Waals surface area contributed by atoms with E-state index in [0.29, 0.717) is 5.56 Å². The van der Waals surface area contributed by atoms with E-state index in [2.05, 4.69) is 20.7 Å². The lowest BCUT2D eigenvalue weighted by Gasteiger charge is -2.28. The minimum Gasteiger partial charge on any atom is -0.508 e. The summed E-state index contributed by atoms with van der Waals surface area (Å²) in [5, 5.41) is 17.6. The van der Waals surface area contributed by atoms with Crippen LogP contribution in [0.4, 0.5) is 4.79 Å². The maximum absolute atomic E-state index is 13.8. The van der Waals surface area contributed by atoms with Gasteiger partial charge in [0.2, 0.25) is 17.7 Å². The molecule has 0 aliphatic heterocycles. The molecule has 2 aromatic rings. The summed E-state index contributed by atoms with van der Waals surface area (Å²) < 4.78 is 22.0. The van der Waals surface area contributed by atoms with Crippen LogP contribution in [0.3, 0.4) is 0 Å². The molecule has 0 aliphatic carbocycles. The molecule has 0 radical (unpaired) electrons. The van der Waals surface area contributed by atoms with Crippen molar-refractivity contribution in [1.29, 1.82) is 0 Å². The van der Waals surface area contributed by atoms with E-state index in [1.165, 1.54) is 37.4 Å². The van der Waals surface area contributed by atoms with Gasteiger partial charge >= 0.3 is 12.1 Å². The number of hydrogen-bond donors (Lipinski definition) is 4. The smallest absolute Gasteiger partial charge is 0.408 e. The van der Waals surface area contributed by atoms with Gasteiger partial charge in [0, 0.05) is 49.2 Å². The Morgan fingerprint density at radius 3 is 1.98 bits per heavy atom. The van der Waals surface area contributed by atoms with Crippen LogP contribution >= 0.6 is 0 Å². The molecule has 258 valence electrons. The molecule has 0 aromatic heterocycles. The van der Waals surface area contributed by atoms with Gasteiger partial charge in [-0.25, -0.2) is 4.79 Å². The number of aromatic hydroxyl groups is 1. The van der Waals surface area contributed by atoms with Gasteiger partial charge in [-0.05, 0) is 50.5 Å². The Morgan fingerprint density at radius 1 is 0.851 bits per heavy atom. The second kappa shape index (κ2) is 18.6. The highest BCUT2D eigenvalue weighted by molar-refractivity contribution is 7.84. The van der Waals surface area contributed by atoms with E-state index in [0.717, 1.165) is 5.56 Å². The standard InChI is InChI=1S/C33H46N4O9S/c1-33(2,3)46-32(43)36-26(20-23-12-14-24(38)15-13-23)30(41)34-25(17-19-47(6)44)29(40)35-27(21-22-10-8-7-9-11-22)31(42)37(4)18-16-28(39)45-5/h7-15,25-27,38H,16-21H2,1-6H3,(H,34,41)(H,35,40)(H,36,43)/t25-,26+,27+,47?/m1/s1. The normalized spacial score (nSPS) is 13.7. The second-order valence-corrected chi connectivity index (χ2v) is 13.6. The number of esters is 1. The number of carbonyl (C=O) groups excluding carboxylic acids is 5. The third-order valence-corrected chi connectivity index (χ3v) is 7.67. The number of phenols is 1. The van der Waals surface area contributed by atoms with Crippen molar-refractivity contribution in [1.82, 2.24) is 20.9 Å². The monoisotopic (exact) mass is 674 g/mol. The Kier molecular flexibility index (Phi) is 15.3. The number of benzene rings is 2. The van der Waals surface area contributed by atoms with E-state index in [-0.39, 0.29) is 43.7 Å². The number of ether oxygens (including phenoxy) is 2. The lowest BCUT2D eigenvalue weighted by molar-refractivity contribution is -0.142. The van der Waals surface area contributed by atoms with Crippen molar-refractivity contribution in [3.63, 3.8) is 0 Å². The van der Waals surface area contributed by atoms with E-state index in [4.69, 9.17) is 4.74 Å². The molecule has 2 rings (SSSR count). The number of nitrogens with zero attached hydrogens (tertiary/aromatic N) is 1. The average molecular weight is 675 g/mol. The first-order valence-corrected chi connectivity index (χ1v) is 16.8. The summed E-state index contributed by atoms with van der Waals surface area (Å²) in [4.78, 5) is 66.6. The zero-order valence-electron chi connectivity index (χ0n) is 27.7. The molecule has 4 N–H and O–H groups in total.